The molecule has 116 valence electrons. The Hall–Kier alpha value is -2.08. The molecule has 0 aliphatic rings. The van der Waals surface area contributed by atoms with E-state index < -0.39 is 0 Å². The summed E-state index contributed by atoms with van der Waals surface area (Å²) >= 11 is 1.46. The molecule has 1 aromatic heterocycles. The largest absolute Gasteiger partial charge is 0.462 e. The van der Waals surface area contributed by atoms with Crippen LogP contribution in [0, 0.1) is 0 Å². The average Bonchev–Trinajstić information content (AvgIpc) is 2.53. The lowest BCUT2D eigenvalue weighted by atomic mass is 10.1. The number of aromatic amines is 1. The first kappa shape index (κ1) is 16.3. The van der Waals surface area contributed by atoms with Gasteiger partial charge < -0.3 is 9.72 Å². The first-order valence-electron chi connectivity index (χ1n) is 7.11. The Bertz CT molecular complexity index is 695. The molecule has 0 saturated heterocycles. The second kappa shape index (κ2) is 7.79. The second-order valence-corrected chi connectivity index (χ2v) is 5.57. The van der Waals surface area contributed by atoms with Crippen LogP contribution >= 0.6 is 11.8 Å². The highest BCUT2D eigenvalue weighted by atomic mass is 32.2. The standard InChI is InChI=1S/C16H18N2O3S/c1-3-13-9-14(19)18-16(17-13)22-10-11-5-7-12(8-6-11)15(20)21-4-2/h5-9H,3-4,10H2,1-2H3,(H,17,18,19). The number of rotatable bonds is 6. The maximum absolute atomic E-state index is 11.6. The average molecular weight is 318 g/mol. The van der Waals surface area contributed by atoms with Gasteiger partial charge in [-0.25, -0.2) is 9.78 Å². The predicted octanol–water partition coefficient (Wildman–Crippen LogP) is 2.80. The smallest absolute Gasteiger partial charge is 0.338 e. The molecule has 0 fully saturated rings. The van der Waals surface area contributed by atoms with Gasteiger partial charge in [0, 0.05) is 17.5 Å². The maximum Gasteiger partial charge on any atom is 0.338 e. The van der Waals surface area contributed by atoms with Gasteiger partial charge in [-0.3, -0.25) is 4.79 Å². The third kappa shape index (κ3) is 4.46. The molecule has 0 aliphatic carbocycles. The van der Waals surface area contributed by atoms with Crippen molar-refractivity contribution >= 4 is 17.7 Å². The first-order chi connectivity index (χ1) is 10.6. The van der Waals surface area contributed by atoms with Crippen molar-refractivity contribution in [1.82, 2.24) is 9.97 Å². The molecule has 0 spiro atoms. The van der Waals surface area contributed by atoms with Crippen LogP contribution < -0.4 is 5.56 Å². The highest BCUT2D eigenvalue weighted by Gasteiger charge is 2.06. The van der Waals surface area contributed by atoms with Crippen LogP contribution in [0.5, 0.6) is 0 Å². The number of ether oxygens (including phenoxy) is 1. The van der Waals surface area contributed by atoms with E-state index in [9.17, 15) is 9.59 Å². The molecule has 0 radical (unpaired) electrons. The summed E-state index contributed by atoms with van der Waals surface area (Å²) in [5.74, 6) is 0.350. The van der Waals surface area contributed by atoms with E-state index in [1.807, 2.05) is 19.1 Å². The Morgan fingerprint density at radius 2 is 2.00 bits per heavy atom. The minimum Gasteiger partial charge on any atom is -0.462 e. The van der Waals surface area contributed by atoms with Crippen LogP contribution in [0.25, 0.3) is 0 Å². The minimum absolute atomic E-state index is 0.132. The third-order valence-corrected chi connectivity index (χ3v) is 3.92. The molecule has 5 nitrogen and oxygen atoms in total. The highest BCUT2D eigenvalue weighted by molar-refractivity contribution is 7.98. The van der Waals surface area contributed by atoms with Crippen LogP contribution in [-0.4, -0.2) is 22.5 Å². The number of benzene rings is 1. The van der Waals surface area contributed by atoms with E-state index in [-0.39, 0.29) is 11.5 Å². The normalized spacial score (nSPS) is 10.5. The number of thioether (sulfide) groups is 1. The van der Waals surface area contributed by atoms with E-state index in [1.54, 1.807) is 19.1 Å². The zero-order valence-corrected chi connectivity index (χ0v) is 13.4. The van der Waals surface area contributed by atoms with Crippen LogP contribution in [0.2, 0.25) is 0 Å². The molecule has 6 heteroatoms. The highest BCUT2D eigenvalue weighted by Crippen LogP contribution is 2.19. The van der Waals surface area contributed by atoms with Crippen LogP contribution in [0.3, 0.4) is 0 Å². The molecule has 2 rings (SSSR count). The number of hydrogen-bond acceptors (Lipinski definition) is 5. The SMILES string of the molecule is CCOC(=O)c1ccc(CSc2nc(CC)cc(=O)[nH]2)cc1. The van der Waals surface area contributed by atoms with E-state index >= 15 is 0 Å². The van der Waals surface area contributed by atoms with Gasteiger partial charge in [0.25, 0.3) is 5.56 Å². The molecular weight excluding hydrogens is 300 g/mol. The van der Waals surface area contributed by atoms with E-state index in [4.69, 9.17) is 4.74 Å². The van der Waals surface area contributed by atoms with Gasteiger partial charge >= 0.3 is 5.97 Å². The molecule has 2 aromatic rings. The minimum atomic E-state index is -0.316. The topological polar surface area (TPSA) is 72.0 Å². The van der Waals surface area contributed by atoms with Gasteiger partial charge in [0.2, 0.25) is 0 Å². The van der Waals surface area contributed by atoms with Crippen molar-refractivity contribution in [2.24, 2.45) is 0 Å². The van der Waals surface area contributed by atoms with Crippen molar-refractivity contribution in [1.29, 1.82) is 0 Å². The summed E-state index contributed by atoms with van der Waals surface area (Å²) in [6, 6.07) is 8.75. The van der Waals surface area contributed by atoms with Crippen LogP contribution in [0.15, 0.2) is 40.3 Å². The van der Waals surface area contributed by atoms with E-state index in [0.717, 1.165) is 17.7 Å². The van der Waals surface area contributed by atoms with E-state index in [0.29, 0.717) is 23.1 Å². The quantitative estimate of drug-likeness (QED) is 0.504. The van der Waals surface area contributed by atoms with Crippen molar-refractivity contribution in [3.05, 3.63) is 57.5 Å². The number of aromatic nitrogens is 2. The van der Waals surface area contributed by atoms with Crippen molar-refractivity contribution in [2.75, 3.05) is 6.61 Å². The van der Waals surface area contributed by atoms with E-state index in [2.05, 4.69) is 9.97 Å². The molecular formula is C16H18N2O3S. The second-order valence-electron chi connectivity index (χ2n) is 4.60. The lowest BCUT2D eigenvalue weighted by molar-refractivity contribution is 0.0526. The summed E-state index contributed by atoms with van der Waals surface area (Å²) in [5, 5.41) is 0.610. The number of carbonyl (C=O) groups excluding carboxylic acids is 1. The molecule has 0 atom stereocenters. The number of nitrogens with zero attached hydrogens (tertiary/aromatic N) is 1. The predicted molar refractivity (Wildman–Crippen MR) is 86.2 cm³/mol. The fourth-order valence-corrected chi connectivity index (χ4v) is 2.69. The summed E-state index contributed by atoms with van der Waals surface area (Å²) in [6.45, 7) is 4.11. The zero-order valence-electron chi connectivity index (χ0n) is 12.6. The number of H-pyrrole nitrogens is 1. The van der Waals surface area contributed by atoms with Gasteiger partial charge in [0.05, 0.1) is 12.2 Å². The van der Waals surface area contributed by atoms with Crippen molar-refractivity contribution in [2.45, 2.75) is 31.2 Å². The summed E-state index contributed by atoms with van der Waals surface area (Å²) in [4.78, 5) is 30.2. The van der Waals surface area contributed by atoms with Crippen LogP contribution in [0.1, 0.15) is 35.5 Å². The molecule has 0 amide bonds. The van der Waals surface area contributed by atoms with Gasteiger partial charge in [-0.2, -0.15) is 0 Å². The summed E-state index contributed by atoms with van der Waals surface area (Å²) in [6.07, 6.45) is 0.728. The summed E-state index contributed by atoms with van der Waals surface area (Å²) in [7, 11) is 0. The number of esters is 1. The van der Waals surface area contributed by atoms with Crippen LogP contribution in [0.4, 0.5) is 0 Å². The molecule has 1 aromatic carbocycles. The Labute approximate surface area is 133 Å². The van der Waals surface area contributed by atoms with Gasteiger partial charge in [-0.15, -0.1) is 0 Å². The fraction of sp³-hybridized carbons (Fsp3) is 0.312. The number of hydrogen-bond donors (Lipinski definition) is 1. The molecule has 0 aliphatic heterocycles. The molecule has 22 heavy (non-hydrogen) atoms. The zero-order chi connectivity index (χ0) is 15.9. The van der Waals surface area contributed by atoms with Gasteiger partial charge in [-0.05, 0) is 31.0 Å². The maximum atomic E-state index is 11.6. The van der Waals surface area contributed by atoms with Crippen molar-refractivity contribution in [3.63, 3.8) is 0 Å². The van der Waals surface area contributed by atoms with Gasteiger partial charge in [0.15, 0.2) is 5.16 Å². The Kier molecular flexibility index (Phi) is 5.77. The van der Waals surface area contributed by atoms with Gasteiger partial charge in [0.1, 0.15) is 0 Å². The number of carbonyl (C=O) groups is 1. The molecule has 1 N–H and O–H groups in total. The van der Waals surface area contributed by atoms with Crippen LogP contribution in [-0.2, 0) is 16.9 Å². The van der Waals surface area contributed by atoms with Crippen molar-refractivity contribution in [3.8, 4) is 0 Å². The number of nitrogens with one attached hydrogen (secondary N) is 1. The van der Waals surface area contributed by atoms with Gasteiger partial charge in [-0.1, -0.05) is 30.8 Å². The Morgan fingerprint density at radius 1 is 1.27 bits per heavy atom. The summed E-state index contributed by atoms with van der Waals surface area (Å²) < 4.78 is 4.94. The molecule has 1 heterocycles. The lowest BCUT2D eigenvalue weighted by Gasteiger charge is -2.05. The molecule has 0 unspecified atom stereocenters. The van der Waals surface area contributed by atoms with Crippen molar-refractivity contribution < 1.29 is 9.53 Å². The Balaban J connectivity index is 2.01. The third-order valence-electron chi connectivity index (χ3n) is 2.98. The fourth-order valence-electron chi connectivity index (χ4n) is 1.84. The first-order valence-corrected chi connectivity index (χ1v) is 8.10. The Morgan fingerprint density at radius 3 is 2.64 bits per heavy atom. The number of aryl methyl sites for hydroxylation is 1. The lowest BCUT2D eigenvalue weighted by Crippen LogP contribution is -2.09. The molecule has 0 saturated carbocycles. The molecule has 0 bridgehead atoms. The van der Waals surface area contributed by atoms with E-state index in [1.165, 1.54) is 17.8 Å². The monoisotopic (exact) mass is 318 g/mol. The summed E-state index contributed by atoms with van der Waals surface area (Å²) in [5.41, 5.74) is 2.23.